The summed E-state index contributed by atoms with van der Waals surface area (Å²) in [5.74, 6) is -1.14. The summed E-state index contributed by atoms with van der Waals surface area (Å²) in [7, 11) is 0. The maximum atomic E-state index is 12.5. The van der Waals surface area contributed by atoms with Crippen LogP contribution >= 0.6 is 0 Å². The minimum atomic E-state index is -0.651. The van der Waals surface area contributed by atoms with Gasteiger partial charge >= 0.3 is 0 Å². The number of nitro benzene ring substituents is 1. The van der Waals surface area contributed by atoms with Crippen LogP contribution < -0.4 is 0 Å². The van der Waals surface area contributed by atoms with Crippen LogP contribution in [0.4, 0.5) is 5.69 Å². The lowest BCUT2D eigenvalue weighted by Crippen LogP contribution is -2.31. The molecule has 124 valence electrons. The van der Waals surface area contributed by atoms with Gasteiger partial charge in [-0.15, -0.1) is 0 Å². The summed E-state index contributed by atoms with van der Waals surface area (Å²) in [5.41, 5.74) is 1.39. The highest BCUT2D eigenvalue weighted by molar-refractivity contribution is 6.23. The molecule has 0 unspecified atom stereocenters. The van der Waals surface area contributed by atoms with E-state index in [2.05, 4.69) is 6.07 Å². The molecule has 25 heavy (non-hydrogen) atoms. The summed E-state index contributed by atoms with van der Waals surface area (Å²) in [5, 5.41) is 19.7. The number of imide groups is 1. The largest absolute Gasteiger partial charge is 0.282 e. The van der Waals surface area contributed by atoms with Crippen LogP contribution in [-0.2, 0) is 12.8 Å². The zero-order valence-corrected chi connectivity index (χ0v) is 13.1. The smallest absolute Gasteiger partial charge is 0.274 e. The van der Waals surface area contributed by atoms with Gasteiger partial charge in [0.25, 0.3) is 17.5 Å². The fraction of sp³-hybridized carbons (Fsp3) is 0.167. The van der Waals surface area contributed by atoms with E-state index in [1.165, 1.54) is 18.2 Å². The number of rotatable bonds is 5. The van der Waals surface area contributed by atoms with Crippen molar-refractivity contribution in [3.05, 3.63) is 74.8 Å². The molecule has 0 bridgehead atoms. The van der Waals surface area contributed by atoms with Gasteiger partial charge in [0.2, 0.25) is 0 Å². The maximum Gasteiger partial charge on any atom is 0.282 e. The van der Waals surface area contributed by atoms with Gasteiger partial charge in [-0.25, -0.2) is 0 Å². The molecule has 2 amide bonds. The number of nitro groups is 1. The average Bonchev–Trinajstić information content (AvgIpc) is 2.85. The number of carbonyl (C=O) groups is 2. The van der Waals surface area contributed by atoms with Crippen molar-refractivity contribution in [2.24, 2.45) is 0 Å². The first kappa shape index (κ1) is 16.3. The highest BCUT2D eigenvalue weighted by Crippen LogP contribution is 2.30. The van der Waals surface area contributed by atoms with E-state index < -0.39 is 16.7 Å². The Balaban J connectivity index is 1.77. The molecule has 0 saturated carbocycles. The second kappa shape index (κ2) is 6.53. The second-order valence-corrected chi connectivity index (χ2v) is 5.62. The normalized spacial score (nSPS) is 12.8. The highest BCUT2D eigenvalue weighted by Gasteiger charge is 2.40. The third kappa shape index (κ3) is 2.97. The maximum absolute atomic E-state index is 12.5. The lowest BCUT2D eigenvalue weighted by molar-refractivity contribution is -0.385. The van der Waals surface area contributed by atoms with Crippen LogP contribution in [0.3, 0.4) is 0 Å². The lowest BCUT2D eigenvalue weighted by atomic mass is 10.1. The van der Waals surface area contributed by atoms with E-state index in [0.717, 1.165) is 16.0 Å². The van der Waals surface area contributed by atoms with E-state index in [1.807, 2.05) is 24.3 Å². The summed E-state index contributed by atoms with van der Waals surface area (Å²) in [6.45, 7) is 0.140. The van der Waals surface area contributed by atoms with Gasteiger partial charge in [0.1, 0.15) is 5.56 Å². The number of hydrogen-bond donors (Lipinski definition) is 0. The Morgan fingerprint density at radius 2 is 1.72 bits per heavy atom. The van der Waals surface area contributed by atoms with Gasteiger partial charge in [0.05, 0.1) is 23.0 Å². The highest BCUT2D eigenvalue weighted by atomic mass is 16.6. The van der Waals surface area contributed by atoms with Gasteiger partial charge in [0.15, 0.2) is 0 Å². The van der Waals surface area contributed by atoms with Crippen molar-refractivity contribution in [1.82, 2.24) is 4.90 Å². The minimum Gasteiger partial charge on any atom is -0.274 e. The Morgan fingerprint density at radius 1 is 1.04 bits per heavy atom. The SMILES string of the molecule is N#CCc1ccc(CCN2C(=O)c3cccc([N+](=O)[O-])c3C2=O)cc1. The summed E-state index contributed by atoms with van der Waals surface area (Å²) < 4.78 is 0. The first-order valence-electron chi connectivity index (χ1n) is 7.61. The number of benzene rings is 2. The molecule has 0 N–H and O–H groups in total. The van der Waals surface area contributed by atoms with Crippen LogP contribution in [0.25, 0.3) is 0 Å². The summed E-state index contributed by atoms with van der Waals surface area (Å²) >= 11 is 0. The zero-order chi connectivity index (χ0) is 18.0. The summed E-state index contributed by atoms with van der Waals surface area (Å²) in [6.07, 6.45) is 0.758. The monoisotopic (exact) mass is 335 g/mol. The molecule has 7 heteroatoms. The van der Waals surface area contributed by atoms with Crippen molar-refractivity contribution < 1.29 is 14.5 Å². The molecule has 1 heterocycles. The van der Waals surface area contributed by atoms with E-state index in [4.69, 9.17) is 5.26 Å². The van der Waals surface area contributed by atoms with E-state index in [-0.39, 0.29) is 23.4 Å². The van der Waals surface area contributed by atoms with Gasteiger partial charge < -0.3 is 0 Å². The Hall–Kier alpha value is -3.53. The molecule has 0 fully saturated rings. The quantitative estimate of drug-likeness (QED) is 0.474. The molecule has 7 nitrogen and oxygen atoms in total. The number of carbonyl (C=O) groups excluding carboxylic acids is 2. The molecule has 0 radical (unpaired) electrons. The molecule has 0 aromatic heterocycles. The predicted molar refractivity (Wildman–Crippen MR) is 87.9 cm³/mol. The number of hydrogen-bond acceptors (Lipinski definition) is 5. The Morgan fingerprint density at radius 3 is 2.36 bits per heavy atom. The van der Waals surface area contributed by atoms with Crippen LogP contribution in [-0.4, -0.2) is 28.2 Å². The molecular formula is C18H13N3O4. The van der Waals surface area contributed by atoms with Crippen molar-refractivity contribution in [1.29, 1.82) is 5.26 Å². The van der Waals surface area contributed by atoms with E-state index in [0.29, 0.717) is 12.8 Å². The second-order valence-electron chi connectivity index (χ2n) is 5.62. The van der Waals surface area contributed by atoms with E-state index in [1.54, 1.807) is 0 Å². The molecule has 1 aliphatic rings. The molecule has 2 aromatic rings. The average molecular weight is 335 g/mol. The van der Waals surface area contributed by atoms with Crippen LogP contribution in [0.2, 0.25) is 0 Å². The zero-order valence-electron chi connectivity index (χ0n) is 13.1. The Labute approximate surface area is 143 Å². The minimum absolute atomic E-state index is 0.0727. The summed E-state index contributed by atoms with van der Waals surface area (Å²) in [6, 6.07) is 13.5. The van der Waals surface area contributed by atoms with Gasteiger partial charge in [-0.05, 0) is 23.6 Å². The van der Waals surface area contributed by atoms with Gasteiger partial charge in [-0.1, -0.05) is 30.3 Å². The first-order chi connectivity index (χ1) is 12.0. The molecule has 1 aliphatic heterocycles. The molecule has 2 aromatic carbocycles. The fourth-order valence-electron chi connectivity index (χ4n) is 2.83. The third-order valence-corrected chi connectivity index (χ3v) is 4.10. The Kier molecular flexibility index (Phi) is 4.27. The molecule has 0 aliphatic carbocycles. The topological polar surface area (TPSA) is 104 Å². The van der Waals surface area contributed by atoms with Crippen molar-refractivity contribution in [2.75, 3.05) is 6.54 Å². The summed E-state index contributed by atoms with van der Waals surface area (Å²) in [4.78, 5) is 36.3. The number of amides is 2. The van der Waals surface area contributed by atoms with Crippen LogP contribution in [0.15, 0.2) is 42.5 Å². The van der Waals surface area contributed by atoms with Crippen molar-refractivity contribution in [3.8, 4) is 6.07 Å². The third-order valence-electron chi connectivity index (χ3n) is 4.10. The van der Waals surface area contributed by atoms with Crippen molar-refractivity contribution >= 4 is 17.5 Å². The van der Waals surface area contributed by atoms with Gasteiger partial charge in [-0.3, -0.25) is 24.6 Å². The van der Waals surface area contributed by atoms with Crippen LogP contribution in [0.1, 0.15) is 31.8 Å². The van der Waals surface area contributed by atoms with Crippen LogP contribution in [0.5, 0.6) is 0 Å². The number of fused-ring (bicyclic) bond motifs is 1. The van der Waals surface area contributed by atoms with Crippen molar-refractivity contribution in [2.45, 2.75) is 12.8 Å². The molecule has 0 atom stereocenters. The van der Waals surface area contributed by atoms with Gasteiger partial charge in [0, 0.05) is 12.6 Å². The van der Waals surface area contributed by atoms with Crippen LogP contribution in [0, 0.1) is 21.4 Å². The first-order valence-corrected chi connectivity index (χ1v) is 7.61. The number of nitrogens with zero attached hydrogens (tertiary/aromatic N) is 3. The van der Waals surface area contributed by atoms with Gasteiger partial charge in [-0.2, -0.15) is 5.26 Å². The standard InChI is InChI=1S/C18H13N3O4/c19-10-8-12-4-6-13(7-5-12)9-11-20-17(22)14-2-1-3-15(21(24)25)16(14)18(20)23/h1-7H,8-9,11H2. The Bertz CT molecular complexity index is 913. The van der Waals surface area contributed by atoms with E-state index >= 15 is 0 Å². The fourth-order valence-corrected chi connectivity index (χ4v) is 2.83. The number of nitriles is 1. The predicted octanol–water partition coefficient (Wildman–Crippen LogP) is 2.50. The molecule has 0 saturated heterocycles. The molecular weight excluding hydrogens is 322 g/mol. The molecule has 0 spiro atoms. The lowest BCUT2D eigenvalue weighted by Gasteiger charge is -2.13. The van der Waals surface area contributed by atoms with Crippen molar-refractivity contribution in [3.63, 3.8) is 0 Å². The van der Waals surface area contributed by atoms with E-state index in [9.17, 15) is 19.7 Å². The molecule has 3 rings (SSSR count).